The molecule has 94 valence electrons. The van der Waals surface area contributed by atoms with Crippen LogP contribution in [0.25, 0.3) is 0 Å². The van der Waals surface area contributed by atoms with Crippen molar-refractivity contribution < 1.29 is 4.92 Å². The van der Waals surface area contributed by atoms with E-state index in [9.17, 15) is 10.1 Å². The zero-order valence-corrected chi connectivity index (χ0v) is 10.0. The number of nitrogens with two attached hydrogens (primary N) is 1. The van der Waals surface area contributed by atoms with Crippen molar-refractivity contribution in [3.8, 4) is 0 Å². The van der Waals surface area contributed by atoms with Gasteiger partial charge in [-0.15, -0.1) is 0 Å². The summed E-state index contributed by atoms with van der Waals surface area (Å²) in [6.45, 7) is 2.52. The summed E-state index contributed by atoms with van der Waals surface area (Å²) < 4.78 is 1.43. The van der Waals surface area contributed by atoms with Crippen molar-refractivity contribution >= 4 is 11.5 Å². The largest absolute Gasteiger partial charge is 0.378 e. The van der Waals surface area contributed by atoms with E-state index in [1.54, 1.807) is 0 Å². The van der Waals surface area contributed by atoms with Crippen LogP contribution in [0.1, 0.15) is 18.1 Å². The molecule has 0 fully saturated rings. The highest BCUT2D eigenvalue weighted by Crippen LogP contribution is 2.20. The molecule has 0 atom stereocenters. The number of aryl methyl sites for hydroxylation is 1. The Bertz CT molecular complexity index is 560. The molecule has 18 heavy (non-hydrogen) atoms. The standard InChI is InChI=1S/C12H14N4O2/c1-2-9-3-5-10(6-4-9)8-15-12(13)11(7-14-15)16(17)18/h3-7H,2,8,13H2,1H3. The van der Waals surface area contributed by atoms with Gasteiger partial charge in [0.2, 0.25) is 5.82 Å². The van der Waals surface area contributed by atoms with E-state index in [4.69, 9.17) is 5.73 Å². The Morgan fingerprint density at radius 1 is 1.33 bits per heavy atom. The maximum Gasteiger partial charge on any atom is 0.330 e. The van der Waals surface area contributed by atoms with E-state index in [0.29, 0.717) is 6.54 Å². The highest BCUT2D eigenvalue weighted by atomic mass is 16.6. The number of anilines is 1. The highest BCUT2D eigenvalue weighted by Gasteiger charge is 2.17. The lowest BCUT2D eigenvalue weighted by atomic mass is 10.1. The highest BCUT2D eigenvalue weighted by molar-refractivity contribution is 5.51. The van der Waals surface area contributed by atoms with Gasteiger partial charge >= 0.3 is 5.69 Å². The molecule has 0 spiro atoms. The Balaban J connectivity index is 2.20. The maximum atomic E-state index is 10.6. The van der Waals surface area contributed by atoms with Crippen LogP contribution in [0.3, 0.4) is 0 Å². The van der Waals surface area contributed by atoms with Gasteiger partial charge in [-0.05, 0) is 17.5 Å². The lowest BCUT2D eigenvalue weighted by molar-refractivity contribution is -0.384. The first kappa shape index (κ1) is 12.1. The molecule has 2 N–H and O–H groups in total. The molecule has 1 heterocycles. The van der Waals surface area contributed by atoms with Gasteiger partial charge < -0.3 is 5.73 Å². The van der Waals surface area contributed by atoms with Crippen LogP contribution in [-0.2, 0) is 13.0 Å². The minimum atomic E-state index is -0.529. The molecule has 0 unspecified atom stereocenters. The Labute approximate surface area is 104 Å². The molecule has 0 aliphatic rings. The van der Waals surface area contributed by atoms with Gasteiger partial charge in [0.05, 0.1) is 11.5 Å². The third-order valence-corrected chi connectivity index (χ3v) is 2.82. The summed E-state index contributed by atoms with van der Waals surface area (Å²) in [5.41, 5.74) is 7.77. The third-order valence-electron chi connectivity index (χ3n) is 2.82. The van der Waals surface area contributed by atoms with E-state index in [-0.39, 0.29) is 11.5 Å². The van der Waals surface area contributed by atoms with Crippen molar-refractivity contribution in [3.63, 3.8) is 0 Å². The predicted molar refractivity (Wildman–Crippen MR) is 68.2 cm³/mol. The number of nitro groups is 1. The van der Waals surface area contributed by atoms with Crippen molar-refractivity contribution in [1.82, 2.24) is 9.78 Å². The van der Waals surface area contributed by atoms with Gasteiger partial charge in [0, 0.05) is 0 Å². The van der Waals surface area contributed by atoms with Crippen molar-refractivity contribution in [2.75, 3.05) is 5.73 Å². The number of nitrogen functional groups attached to an aromatic ring is 1. The van der Waals surface area contributed by atoms with E-state index < -0.39 is 4.92 Å². The molecule has 0 aliphatic heterocycles. The van der Waals surface area contributed by atoms with Crippen molar-refractivity contribution in [2.45, 2.75) is 19.9 Å². The third kappa shape index (κ3) is 2.32. The summed E-state index contributed by atoms with van der Waals surface area (Å²) in [5, 5.41) is 14.6. The van der Waals surface area contributed by atoms with Crippen LogP contribution in [0.5, 0.6) is 0 Å². The minimum absolute atomic E-state index is 0.0829. The molecule has 0 saturated heterocycles. The first-order valence-electron chi connectivity index (χ1n) is 5.65. The monoisotopic (exact) mass is 246 g/mol. The van der Waals surface area contributed by atoms with Crippen LogP contribution >= 0.6 is 0 Å². The van der Waals surface area contributed by atoms with Crippen LogP contribution in [-0.4, -0.2) is 14.7 Å². The molecular formula is C12H14N4O2. The Morgan fingerprint density at radius 3 is 2.44 bits per heavy atom. The predicted octanol–water partition coefficient (Wildman–Crippen LogP) is 1.98. The second-order valence-electron chi connectivity index (χ2n) is 4.00. The van der Waals surface area contributed by atoms with E-state index in [1.807, 2.05) is 24.3 Å². The van der Waals surface area contributed by atoms with Gasteiger partial charge in [0.25, 0.3) is 0 Å². The molecular weight excluding hydrogens is 232 g/mol. The molecule has 1 aromatic heterocycles. The summed E-state index contributed by atoms with van der Waals surface area (Å²) in [4.78, 5) is 10.1. The summed E-state index contributed by atoms with van der Waals surface area (Å²) in [6.07, 6.45) is 2.16. The molecule has 6 nitrogen and oxygen atoms in total. The Hall–Kier alpha value is -2.37. The lowest BCUT2D eigenvalue weighted by Crippen LogP contribution is -2.06. The van der Waals surface area contributed by atoms with E-state index in [1.165, 1.54) is 16.4 Å². The van der Waals surface area contributed by atoms with Crippen molar-refractivity contribution in [2.24, 2.45) is 0 Å². The number of hydrogen-bond acceptors (Lipinski definition) is 4. The minimum Gasteiger partial charge on any atom is -0.378 e. The van der Waals surface area contributed by atoms with E-state index in [2.05, 4.69) is 12.0 Å². The Kier molecular flexibility index (Phi) is 3.27. The number of hydrogen-bond donors (Lipinski definition) is 1. The Morgan fingerprint density at radius 2 is 1.94 bits per heavy atom. The summed E-state index contributed by atoms with van der Waals surface area (Å²) in [5.74, 6) is 0.0829. The number of aromatic nitrogens is 2. The fourth-order valence-corrected chi connectivity index (χ4v) is 1.70. The fraction of sp³-hybridized carbons (Fsp3) is 0.250. The molecule has 0 bridgehead atoms. The summed E-state index contributed by atoms with van der Waals surface area (Å²) >= 11 is 0. The van der Waals surface area contributed by atoms with E-state index >= 15 is 0 Å². The van der Waals surface area contributed by atoms with Crippen molar-refractivity contribution in [3.05, 3.63) is 51.7 Å². The molecule has 6 heteroatoms. The van der Waals surface area contributed by atoms with Gasteiger partial charge in [-0.25, -0.2) is 4.68 Å². The number of benzene rings is 1. The second kappa shape index (κ2) is 4.87. The zero-order chi connectivity index (χ0) is 13.1. The van der Waals surface area contributed by atoms with Gasteiger partial charge in [0.15, 0.2) is 0 Å². The quantitative estimate of drug-likeness (QED) is 0.660. The SMILES string of the molecule is CCc1ccc(Cn2ncc([N+](=O)[O-])c2N)cc1. The molecule has 0 amide bonds. The van der Waals surface area contributed by atoms with Crippen LogP contribution in [0.15, 0.2) is 30.5 Å². The molecule has 1 aromatic carbocycles. The van der Waals surface area contributed by atoms with Crippen LogP contribution < -0.4 is 5.73 Å². The fourth-order valence-electron chi connectivity index (χ4n) is 1.70. The normalized spacial score (nSPS) is 10.5. The average Bonchev–Trinajstić information content (AvgIpc) is 2.72. The molecule has 0 saturated carbocycles. The molecule has 0 aliphatic carbocycles. The van der Waals surface area contributed by atoms with Gasteiger partial charge in [-0.1, -0.05) is 31.2 Å². The molecule has 2 aromatic rings. The van der Waals surface area contributed by atoms with E-state index in [0.717, 1.165) is 12.0 Å². The van der Waals surface area contributed by atoms with Crippen LogP contribution in [0.2, 0.25) is 0 Å². The second-order valence-corrected chi connectivity index (χ2v) is 4.00. The first-order valence-corrected chi connectivity index (χ1v) is 5.65. The average molecular weight is 246 g/mol. The molecule has 2 rings (SSSR count). The summed E-state index contributed by atoms with van der Waals surface area (Å²) in [7, 11) is 0. The van der Waals surface area contributed by atoms with Gasteiger partial charge in [-0.3, -0.25) is 10.1 Å². The van der Waals surface area contributed by atoms with Gasteiger partial charge in [-0.2, -0.15) is 5.10 Å². The van der Waals surface area contributed by atoms with Gasteiger partial charge in [0.1, 0.15) is 6.20 Å². The van der Waals surface area contributed by atoms with Crippen LogP contribution in [0, 0.1) is 10.1 Å². The first-order chi connectivity index (χ1) is 8.61. The maximum absolute atomic E-state index is 10.6. The number of rotatable bonds is 4. The van der Waals surface area contributed by atoms with Crippen LogP contribution in [0.4, 0.5) is 11.5 Å². The molecule has 0 radical (unpaired) electrons. The lowest BCUT2D eigenvalue weighted by Gasteiger charge is -2.04. The zero-order valence-electron chi connectivity index (χ0n) is 10.0. The smallest absolute Gasteiger partial charge is 0.330 e. The summed E-state index contributed by atoms with van der Waals surface area (Å²) in [6, 6.07) is 8.02. The topological polar surface area (TPSA) is 87.0 Å². The van der Waals surface area contributed by atoms with Crippen molar-refractivity contribution in [1.29, 1.82) is 0 Å². The number of nitrogens with zero attached hydrogens (tertiary/aromatic N) is 3.